The molecule has 1 N–H and O–H groups in total. The number of benzene rings is 3. The van der Waals surface area contributed by atoms with Gasteiger partial charge >= 0.3 is 0 Å². The summed E-state index contributed by atoms with van der Waals surface area (Å²) in [6, 6.07) is 18.7. The van der Waals surface area contributed by atoms with Crippen molar-refractivity contribution in [3.05, 3.63) is 90.2 Å². The molecule has 0 aliphatic heterocycles. The Hall–Kier alpha value is -3.92. The lowest BCUT2D eigenvalue weighted by Crippen LogP contribution is -2.51. The largest absolute Gasteiger partial charge is 0.497 e. The van der Waals surface area contributed by atoms with Gasteiger partial charge in [0.05, 0.1) is 17.7 Å². The predicted octanol–water partition coefficient (Wildman–Crippen LogP) is 4.36. The molecule has 0 aromatic heterocycles. The van der Waals surface area contributed by atoms with Crippen LogP contribution in [0.3, 0.4) is 0 Å². The molecular weight excluding hydrogens is 521 g/mol. The summed E-state index contributed by atoms with van der Waals surface area (Å²) in [6.45, 7) is 3.55. The predicted molar refractivity (Wildman–Crippen MR) is 148 cm³/mol. The normalized spacial score (nSPS) is 11.9. The summed E-state index contributed by atoms with van der Waals surface area (Å²) in [5.74, 6) is -0.837. The second-order valence-corrected chi connectivity index (χ2v) is 10.9. The molecule has 0 saturated carbocycles. The molecule has 1 unspecified atom stereocenters. The first-order valence-electron chi connectivity index (χ1n) is 12.7. The Morgan fingerprint density at radius 1 is 0.974 bits per heavy atom. The van der Waals surface area contributed by atoms with Crippen molar-refractivity contribution in [1.82, 2.24) is 10.2 Å². The molecule has 0 aliphatic rings. The number of anilines is 1. The number of sulfonamides is 1. The van der Waals surface area contributed by atoms with Crippen molar-refractivity contribution in [2.75, 3.05) is 24.5 Å². The van der Waals surface area contributed by atoms with Gasteiger partial charge in [0.1, 0.15) is 24.2 Å². The van der Waals surface area contributed by atoms with Crippen molar-refractivity contribution in [2.45, 2.75) is 44.2 Å². The Morgan fingerprint density at radius 3 is 2.21 bits per heavy atom. The maximum absolute atomic E-state index is 13.8. The van der Waals surface area contributed by atoms with Crippen molar-refractivity contribution in [2.24, 2.45) is 0 Å². The number of carbonyl (C=O) groups is 2. The van der Waals surface area contributed by atoms with Crippen LogP contribution in [0.5, 0.6) is 5.75 Å². The lowest BCUT2D eigenvalue weighted by Gasteiger charge is -2.32. The quantitative estimate of drug-likeness (QED) is 0.316. The van der Waals surface area contributed by atoms with Gasteiger partial charge < -0.3 is 15.0 Å². The molecule has 8 nitrogen and oxygen atoms in total. The smallest absolute Gasteiger partial charge is 0.264 e. The van der Waals surface area contributed by atoms with Gasteiger partial charge in [-0.05, 0) is 67.4 Å². The van der Waals surface area contributed by atoms with Crippen LogP contribution in [-0.2, 0) is 26.2 Å². The van der Waals surface area contributed by atoms with Crippen molar-refractivity contribution in [1.29, 1.82) is 0 Å². The number of nitrogens with one attached hydrogen (secondary N) is 1. The third-order valence-corrected chi connectivity index (χ3v) is 8.02. The van der Waals surface area contributed by atoms with E-state index in [2.05, 4.69) is 5.32 Å². The van der Waals surface area contributed by atoms with Crippen LogP contribution in [0.4, 0.5) is 10.1 Å². The van der Waals surface area contributed by atoms with E-state index < -0.39 is 34.3 Å². The molecule has 0 radical (unpaired) electrons. The molecular formula is C29H34FN3O5S. The number of halogens is 1. The highest BCUT2D eigenvalue weighted by molar-refractivity contribution is 7.92. The molecule has 0 spiro atoms. The standard InChI is InChI=1S/C29H34FN3O5S/c1-4-5-19-31-29(35)22(2)32(20-23-11-17-26(38-3)18-12-23)28(34)21-33(25-15-13-24(30)14-16-25)39(36,37)27-9-7-6-8-10-27/h6-18,22H,4-5,19-21H2,1-3H3,(H,31,35). The molecule has 0 bridgehead atoms. The van der Waals surface area contributed by atoms with Gasteiger partial charge in [0.2, 0.25) is 11.8 Å². The molecule has 0 aliphatic carbocycles. The fourth-order valence-corrected chi connectivity index (χ4v) is 5.34. The van der Waals surface area contributed by atoms with Gasteiger partial charge in [0.15, 0.2) is 0 Å². The lowest BCUT2D eigenvalue weighted by molar-refractivity contribution is -0.139. The Balaban J connectivity index is 1.97. The monoisotopic (exact) mass is 555 g/mol. The first-order chi connectivity index (χ1) is 18.7. The van der Waals surface area contributed by atoms with Crippen LogP contribution >= 0.6 is 0 Å². The Kier molecular flexibility index (Phi) is 10.4. The molecule has 3 aromatic carbocycles. The van der Waals surface area contributed by atoms with Gasteiger partial charge in [0, 0.05) is 13.1 Å². The number of carbonyl (C=O) groups excluding carboxylic acids is 2. The van der Waals surface area contributed by atoms with Crippen LogP contribution in [0.25, 0.3) is 0 Å². The van der Waals surface area contributed by atoms with E-state index in [4.69, 9.17) is 4.74 Å². The minimum Gasteiger partial charge on any atom is -0.497 e. The minimum atomic E-state index is -4.19. The van der Waals surface area contributed by atoms with E-state index in [1.807, 2.05) is 6.92 Å². The maximum atomic E-state index is 13.8. The second kappa shape index (κ2) is 13.7. The molecule has 39 heavy (non-hydrogen) atoms. The summed E-state index contributed by atoms with van der Waals surface area (Å²) in [5, 5.41) is 2.84. The summed E-state index contributed by atoms with van der Waals surface area (Å²) in [6.07, 6.45) is 1.69. The highest BCUT2D eigenvalue weighted by atomic mass is 32.2. The van der Waals surface area contributed by atoms with Crippen LogP contribution in [-0.4, -0.2) is 51.4 Å². The maximum Gasteiger partial charge on any atom is 0.264 e. The highest BCUT2D eigenvalue weighted by Crippen LogP contribution is 2.25. The number of amides is 2. The summed E-state index contributed by atoms with van der Waals surface area (Å²) in [4.78, 5) is 28.1. The van der Waals surface area contributed by atoms with Gasteiger partial charge in [-0.2, -0.15) is 0 Å². The molecule has 0 fully saturated rings. The number of rotatable bonds is 13. The summed E-state index contributed by atoms with van der Waals surface area (Å²) in [5.41, 5.74) is 0.856. The zero-order valence-electron chi connectivity index (χ0n) is 22.3. The topological polar surface area (TPSA) is 96.0 Å². The fraction of sp³-hybridized carbons (Fsp3) is 0.310. The van der Waals surface area contributed by atoms with Crippen LogP contribution in [0.1, 0.15) is 32.3 Å². The number of ether oxygens (including phenoxy) is 1. The van der Waals surface area contributed by atoms with E-state index in [0.717, 1.165) is 34.8 Å². The number of nitrogens with zero attached hydrogens (tertiary/aromatic N) is 2. The van der Waals surface area contributed by atoms with Crippen LogP contribution in [0, 0.1) is 5.82 Å². The number of hydrogen-bond acceptors (Lipinski definition) is 5. The molecule has 3 rings (SSSR count). The van der Waals surface area contributed by atoms with Gasteiger partial charge in [0.25, 0.3) is 10.0 Å². The van der Waals surface area contributed by atoms with Crippen molar-refractivity contribution < 1.29 is 27.1 Å². The van der Waals surface area contributed by atoms with Crippen LogP contribution in [0.2, 0.25) is 0 Å². The molecule has 1 atom stereocenters. The third-order valence-electron chi connectivity index (χ3n) is 6.23. The minimum absolute atomic E-state index is 0.0193. The van der Waals surface area contributed by atoms with E-state index >= 15 is 0 Å². The average Bonchev–Trinajstić information content (AvgIpc) is 2.95. The van der Waals surface area contributed by atoms with E-state index in [0.29, 0.717) is 12.3 Å². The van der Waals surface area contributed by atoms with Gasteiger partial charge in [-0.3, -0.25) is 13.9 Å². The molecule has 0 heterocycles. The lowest BCUT2D eigenvalue weighted by atomic mass is 10.1. The van der Waals surface area contributed by atoms with E-state index in [-0.39, 0.29) is 23.0 Å². The SMILES string of the molecule is CCCCNC(=O)C(C)N(Cc1ccc(OC)cc1)C(=O)CN(c1ccc(F)cc1)S(=O)(=O)c1ccccc1. The molecule has 0 saturated heterocycles. The Bertz CT molecular complexity index is 1330. The van der Waals surface area contributed by atoms with Crippen LogP contribution < -0.4 is 14.4 Å². The summed E-state index contributed by atoms with van der Waals surface area (Å²) >= 11 is 0. The Labute approximate surface area is 229 Å². The molecule has 208 valence electrons. The summed E-state index contributed by atoms with van der Waals surface area (Å²) < 4.78 is 47.1. The van der Waals surface area contributed by atoms with E-state index in [1.54, 1.807) is 56.5 Å². The number of unbranched alkanes of at least 4 members (excludes halogenated alkanes) is 1. The van der Waals surface area contributed by atoms with Gasteiger partial charge in [-0.25, -0.2) is 12.8 Å². The van der Waals surface area contributed by atoms with Crippen molar-refractivity contribution >= 4 is 27.5 Å². The molecule has 2 amide bonds. The summed E-state index contributed by atoms with van der Waals surface area (Å²) in [7, 11) is -2.65. The zero-order chi connectivity index (χ0) is 28.4. The van der Waals surface area contributed by atoms with Crippen molar-refractivity contribution in [3.8, 4) is 5.75 Å². The van der Waals surface area contributed by atoms with E-state index in [9.17, 15) is 22.4 Å². The zero-order valence-corrected chi connectivity index (χ0v) is 23.2. The average molecular weight is 556 g/mol. The van der Waals surface area contributed by atoms with Crippen LogP contribution in [0.15, 0.2) is 83.8 Å². The number of methoxy groups -OCH3 is 1. The first kappa shape index (κ1) is 29.6. The van der Waals surface area contributed by atoms with Gasteiger partial charge in [-0.1, -0.05) is 43.7 Å². The van der Waals surface area contributed by atoms with E-state index in [1.165, 1.54) is 29.2 Å². The first-order valence-corrected chi connectivity index (χ1v) is 14.1. The Morgan fingerprint density at radius 2 is 1.62 bits per heavy atom. The fourth-order valence-electron chi connectivity index (χ4n) is 3.90. The third kappa shape index (κ3) is 7.79. The number of hydrogen-bond donors (Lipinski definition) is 1. The second-order valence-electron chi connectivity index (χ2n) is 8.99. The molecule has 10 heteroatoms. The van der Waals surface area contributed by atoms with Crippen molar-refractivity contribution in [3.63, 3.8) is 0 Å². The molecule has 3 aromatic rings. The highest BCUT2D eigenvalue weighted by Gasteiger charge is 2.32. The van der Waals surface area contributed by atoms with Gasteiger partial charge in [-0.15, -0.1) is 0 Å².